The largest absolute Gasteiger partial charge is 0.316 e. The summed E-state index contributed by atoms with van der Waals surface area (Å²) < 4.78 is 15.2. The molecule has 1 N–H and O–H groups in total. The lowest BCUT2D eigenvalue weighted by Gasteiger charge is -2.33. The van der Waals surface area contributed by atoms with E-state index in [-0.39, 0.29) is 18.9 Å². The third-order valence-corrected chi connectivity index (χ3v) is 5.50. The van der Waals surface area contributed by atoms with Crippen molar-refractivity contribution in [3.63, 3.8) is 0 Å². The van der Waals surface area contributed by atoms with Gasteiger partial charge in [-0.1, -0.05) is 38.1 Å². The fourth-order valence-electron chi connectivity index (χ4n) is 3.95. The molecular weight excluding hydrogens is 343 g/mol. The first kappa shape index (κ1) is 18.0. The summed E-state index contributed by atoms with van der Waals surface area (Å²) in [5.41, 5.74) is 1.55. The zero-order valence-electron chi connectivity index (χ0n) is 15.8. The van der Waals surface area contributed by atoms with Gasteiger partial charge >= 0.3 is 0 Å². The number of rotatable bonds is 4. The zero-order valence-corrected chi connectivity index (χ0v) is 15.8. The van der Waals surface area contributed by atoms with Crippen molar-refractivity contribution < 1.29 is 9.18 Å². The number of carbonyl (C=O) groups excluding carboxylic acids is 1. The van der Waals surface area contributed by atoms with Crippen LogP contribution < -0.4 is 10.2 Å². The fourth-order valence-corrected chi connectivity index (χ4v) is 3.95. The summed E-state index contributed by atoms with van der Waals surface area (Å²) >= 11 is 0. The van der Waals surface area contributed by atoms with Crippen LogP contribution in [-0.4, -0.2) is 41.2 Å². The van der Waals surface area contributed by atoms with E-state index >= 15 is 4.39 Å². The minimum absolute atomic E-state index is 0.0722. The van der Waals surface area contributed by atoms with Gasteiger partial charge in [-0.15, -0.1) is 0 Å². The Morgan fingerprint density at radius 3 is 2.74 bits per heavy atom. The van der Waals surface area contributed by atoms with Crippen LogP contribution in [0, 0.1) is 0 Å². The molecule has 1 amide bonds. The van der Waals surface area contributed by atoms with Crippen molar-refractivity contribution in [3.05, 3.63) is 41.6 Å². The maximum atomic E-state index is 15.2. The summed E-state index contributed by atoms with van der Waals surface area (Å²) in [4.78, 5) is 23.3. The Kier molecular flexibility index (Phi) is 4.68. The number of hydrogen-bond donors (Lipinski definition) is 1. The van der Waals surface area contributed by atoms with Gasteiger partial charge in [0.1, 0.15) is 11.5 Å². The molecule has 2 aliphatic rings. The molecule has 1 aromatic carbocycles. The Bertz CT molecular complexity index is 861. The van der Waals surface area contributed by atoms with E-state index in [0.29, 0.717) is 43.5 Å². The van der Waals surface area contributed by atoms with Crippen molar-refractivity contribution in [2.24, 2.45) is 0 Å². The van der Waals surface area contributed by atoms with E-state index in [1.165, 1.54) is 4.90 Å². The van der Waals surface area contributed by atoms with Crippen LogP contribution in [0.1, 0.15) is 43.7 Å². The molecule has 5 nitrogen and oxygen atoms in total. The molecule has 0 saturated carbocycles. The number of aromatic nitrogens is 2. The highest BCUT2D eigenvalue weighted by atomic mass is 19.1. The molecule has 2 aromatic rings. The van der Waals surface area contributed by atoms with Crippen molar-refractivity contribution in [3.8, 4) is 11.4 Å². The second kappa shape index (κ2) is 7.00. The number of halogens is 1. The average molecular weight is 368 g/mol. The van der Waals surface area contributed by atoms with Crippen molar-refractivity contribution in [2.75, 3.05) is 24.5 Å². The number of nitrogens with one attached hydrogen (secondary N) is 1. The van der Waals surface area contributed by atoms with Crippen LogP contribution >= 0.6 is 0 Å². The molecule has 4 rings (SSSR count). The topological polar surface area (TPSA) is 58.1 Å². The highest BCUT2D eigenvalue weighted by Crippen LogP contribution is 2.34. The Hall–Kier alpha value is -2.34. The molecule has 2 aliphatic heterocycles. The number of hydrogen-bond acceptors (Lipinski definition) is 4. The molecule has 142 valence electrons. The number of alkyl halides is 1. The molecule has 0 spiro atoms. The van der Waals surface area contributed by atoms with Crippen LogP contribution in [0.4, 0.5) is 10.2 Å². The first-order valence-corrected chi connectivity index (χ1v) is 9.62. The van der Waals surface area contributed by atoms with Gasteiger partial charge in [0, 0.05) is 17.3 Å². The van der Waals surface area contributed by atoms with E-state index < -0.39 is 5.67 Å². The minimum atomic E-state index is -1.36. The predicted molar refractivity (Wildman–Crippen MR) is 104 cm³/mol. The molecule has 0 atom stereocenters. The van der Waals surface area contributed by atoms with E-state index in [9.17, 15) is 4.79 Å². The molecule has 1 aromatic heterocycles. The summed E-state index contributed by atoms with van der Waals surface area (Å²) in [5, 5.41) is 3.17. The molecular formula is C21H25FN4O. The third kappa shape index (κ3) is 3.46. The normalized spacial score (nSPS) is 18.8. The van der Waals surface area contributed by atoms with Gasteiger partial charge < -0.3 is 5.32 Å². The molecule has 1 saturated heterocycles. The number of fused-ring (bicyclic) bond motifs is 1. The number of amides is 1. The van der Waals surface area contributed by atoms with Gasteiger partial charge in [-0.2, -0.15) is 0 Å². The number of anilines is 1. The van der Waals surface area contributed by atoms with Crippen LogP contribution in [0.25, 0.3) is 11.4 Å². The smallest absolute Gasteiger partial charge is 0.232 e. The number of benzene rings is 1. The van der Waals surface area contributed by atoms with Crippen LogP contribution in [0.5, 0.6) is 0 Å². The quantitative estimate of drug-likeness (QED) is 0.900. The lowest BCUT2D eigenvalue weighted by molar-refractivity contribution is -0.117. The number of nitrogens with zero attached hydrogens (tertiary/aromatic N) is 3. The second-order valence-electron chi connectivity index (χ2n) is 7.84. The van der Waals surface area contributed by atoms with Crippen LogP contribution in [0.3, 0.4) is 0 Å². The number of carbonyl (C=O) groups is 1. The molecule has 27 heavy (non-hydrogen) atoms. The summed E-state index contributed by atoms with van der Waals surface area (Å²) in [6.45, 7) is 5.62. The minimum Gasteiger partial charge on any atom is -0.316 e. The summed E-state index contributed by atoms with van der Waals surface area (Å²) in [5.74, 6) is 1.40. The van der Waals surface area contributed by atoms with Crippen molar-refractivity contribution in [2.45, 2.75) is 44.7 Å². The van der Waals surface area contributed by atoms with Gasteiger partial charge in [0.25, 0.3) is 0 Å². The molecule has 0 bridgehead atoms. The van der Waals surface area contributed by atoms with Gasteiger partial charge in [0.05, 0.1) is 13.0 Å². The summed E-state index contributed by atoms with van der Waals surface area (Å²) in [6, 6.07) is 8.05. The average Bonchev–Trinajstić information content (AvgIpc) is 2.96. The summed E-state index contributed by atoms with van der Waals surface area (Å²) in [6.07, 6.45) is 2.80. The Labute approximate surface area is 159 Å². The maximum absolute atomic E-state index is 15.2. The highest BCUT2D eigenvalue weighted by molar-refractivity contribution is 6.00. The maximum Gasteiger partial charge on any atom is 0.232 e. The van der Waals surface area contributed by atoms with Crippen LogP contribution in [0.15, 0.2) is 30.5 Å². The van der Waals surface area contributed by atoms with Crippen molar-refractivity contribution in [1.29, 1.82) is 0 Å². The van der Waals surface area contributed by atoms with Gasteiger partial charge in [-0.3, -0.25) is 9.69 Å². The van der Waals surface area contributed by atoms with Crippen LogP contribution in [-0.2, 0) is 11.2 Å². The van der Waals surface area contributed by atoms with Crippen molar-refractivity contribution >= 4 is 11.7 Å². The molecule has 0 unspecified atom stereocenters. The lowest BCUT2D eigenvalue weighted by atomic mass is 9.94. The third-order valence-electron chi connectivity index (χ3n) is 5.50. The molecule has 3 heterocycles. The lowest BCUT2D eigenvalue weighted by Crippen LogP contribution is -2.48. The highest BCUT2D eigenvalue weighted by Gasteiger charge is 2.39. The standard InChI is InChI=1S/C21H25FN4O/c1-14(2)16-5-3-4-6-17(16)19-24-12-15-11-18(27)26(20(15)25-19)13-21(22)7-9-23-10-8-21/h3-6,12,14,23H,7-11,13H2,1-2H3. The zero-order chi connectivity index (χ0) is 19.0. The molecule has 1 fully saturated rings. The summed E-state index contributed by atoms with van der Waals surface area (Å²) in [7, 11) is 0. The first-order chi connectivity index (χ1) is 13.0. The van der Waals surface area contributed by atoms with Gasteiger partial charge in [-0.25, -0.2) is 14.4 Å². The van der Waals surface area contributed by atoms with E-state index in [1.54, 1.807) is 6.20 Å². The Balaban J connectivity index is 1.69. The number of piperidine rings is 1. The van der Waals surface area contributed by atoms with E-state index in [4.69, 9.17) is 4.98 Å². The van der Waals surface area contributed by atoms with E-state index in [0.717, 1.165) is 16.7 Å². The monoisotopic (exact) mass is 368 g/mol. The Morgan fingerprint density at radius 2 is 2.00 bits per heavy atom. The Morgan fingerprint density at radius 1 is 1.26 bits per heavy atom. The van der Waals surface area contributed by atoms with E-state index in [1.807, 2.05) is 18.2 Å². The second-order valence-corrected chi connectivity index (χ2v) is 7.84. The molecule has 0 radical (unpaired) electrons. The SMILES string of the molecule is CC(C)c1ccccc1-c1ncc2c(n1)N(CC1(F)CCNCC1)C(=O)C2. The fraction of sp³-hybridized carbons (Fsp3) is 0.476. The van der Waals surface area contributed by atoms with Crippen LogP contribution in [0.2, 0.25) is 0 Å². The van der Waals surface area contributed by atoms with Gasteiger partial charge in [-0.05, 0) is 37.4 Å². The van der Waals surface area contributed by atoms with Gasteiger partial charge in [0.2, 0.25) is 5.91 Å². The predicted octanol–water partition coefficient (Wildman–Crippen LogP) is 3.25. The first-order valence-electron chi connectivity index (χ1n) is 9.62. The molecule has 0 aliphatic carbocycles. The van der Waals surface area contributed by atoms with E-state index in [2.05, 4.69) is 30.2 Å². The van der Waals surface area contributed by atoms with Crippen molar-refractivity contribution in [1.82, 2.24) is 15.3 Å². The molecule has 6 heteroatoms. The van der Waals surface area contributed by atoms with Gasteiger partial charge in [0.15, 0.2) is 5.82 Å².